The van der Waals surface area contributed by atoms with Crippen molar-refractivity contribution in [2.24, 2.45) is 5.92 Å². The minimum atomic E-state index is -2.81. The van der Waals surface area contributed by atoms with E-state index in [-0.39, 0.29) is 11.8 Å². The molecule has 0 radical (unpaired) electrons. The van der Waals surface area contributed by atoms with Gasteiger partial charge in [0.15, 0.2) is 9.84 Å². The monoisotopic (exact) mass is 366 g/mol. The van der Waals surface area contributed by atoms with Gasteiger partial charge in [-0.3, -0.25) is 9.69 Å². The molecule has 2 aliphatic rings. The van der Waals surface area contributed by atoms with Crippen LogP contribution in [0.4, 0.5) is 0 Å². The molecule has 1 aromatic rings. The zero-order chi connectivity index (χ0) is 17.9. The van der Waals surface area contributed by atoms with Crippen molar-refractivity contribution in [2.75, 3.05) is 51.3 Å². The van der Waals surface area contributed by atoms with Crippen molar-refractivity contribution in [2.45, 2.75) is 12.8 Å². The summed E-state index contributed by atoms with van der Waals surface area (Å²) in [5.74, 6) is 1.81. The van der Waals surface area contributed by atoms with Gasteiger partial charge in [0, 0.05) is 32.7 Å². The number of carbonyl (C=O) groups is 1. The number of piperazine rings is 1. The van der Waals surface area contributed by atoms with E-state index >= 15 is 0 Å². The van der Waals surface area contributed by atoms with Crippen molar-refractivity contribution in [1.82, 2.24) is 9.80 Å². The molecule has 2 aliphatic heterocycles. The second-order valence-corrected chi connectivity index (χ2v) is 9.21. The van der Waals surface area contributed by atoms with Gasteiger partial charge in [0.2, 0.25) is 5.91 Å². The fraction of sp³-hybridized carbons (Fsp3) is 0.611. The lowest BCUT2D eigenvalue weighted by Crippen LogP contribution is -2.50. The maximum absolute atomic E-state index is 12.5. The highest BCUT2D eigenvalue weighted by Gasteiger charge is 2.30. The smallest absolute Gasteiger partial charge is 0.227 e. The number of nitrogens with zero attached hydrogens (tertiary/aromatic N) is 2. The summed E-state index contributed by atoms with van der Waals surface area (Å²) in [6, 6.07) is 7.61. The highest BCUT2D eigenvalue weighted by molar-refractivity contribution is 7.91. The molecule has 0 saturated carbocycles. The zero-order valence-corrected chi connectivity index (χ0v) is 15.5. The molecule has 2 heterocycles. The Labute approximate surface area is 149 Å². The molecular weight excluding hydrogens is 340 g/mol. The number of ether oxygens (including phenoxy) is 1. The van der Waals surface area contributed by atoms with Gasteiger partial charge in [0.25, 0.3) is 0 Å². The number of rotatable bonds is 5. The Bertz CT molecular complexity index is 712. The number of carbonyl (C=O) groups excluding carboxylic acids is 1. The minimum Gasteiger partial charge on any atom is -0.497 e. The van der Waals surface area contributed by atoms with Crippen LogP contribution in [0.2, 0.25) is 0 Å². The first-order chi connectivity index (χ1) is 11.9. The van der Waals surface area contributed by atoms with E-state index in [1.165, 1.54) is 0 Å². The third-order valence-corrected chi connectivity index (χ3v) is 6.89. The minimum absolute atomic E-state index is 0.136. The zero-order valence-electron chi connectivity index (χ0n) is 14.7. The average molecular weight is 366 g/mol. The van der Waals surface area contributed by atoms with E-state index in [1.807, 2.05) is 29.2 Å². The van der Waals surface area contributed by atoms with Crippen molar-refractivity contribution in [1.29, 1.82) is 0 Å². The molecule has 7 heteroatoms. The second kappa shape index (κ2) is 7.74. The molecule has 0 unspecified atom stereocenters. The molecule has 1 aromatic carbocycles. The standard InChI is InChI=1S/C18H26N2O4S/c1-24-17-4-2-3-15(11-17)12-18(21)20-8-6-19(7-9-20)13-16-5-10-25(22,23)14-16/h2-4,11,16H,5-10,12-14H2,1H3/t16-/m0/s1. The molecule has 3 rings (SSSR count). The largest absolute Gasteiger partial charge is 0.497 e. The summed E-state index contributed by atoms with van der Waals surface area (Å²) in [6.07, 6.45) is 1.16. The average Bonchev–Trinajstić information content (AvgIpc) is 2.94. The van der Waals surface area contributed by atoms with E-state index in [4.69, 9.17) is 4.74 Å². The first-order valence-electron chi connectivity index (χ1n) is 8.79. The van der Waals surface area contributed by atoms with E-state index in [2.05, 4.69) is 4.90 Å². The number of hydrogen-bond acceptors (Lipinski definition) is 5. The van der Waals surface area contributed by atoms with Crippen molar-refractivity contribution in [3.05, 3.63) is 29.8 Å². The molecule has 0 aromatic heterocycles. The lowest BCUT2D eigenvalue weighted by atomic mass is 10.1. The van der Waals surface area contributed by atoms with Crippen LogP contribution < -0.4 is 4.74 Å². The van der Waals surface area contributed by atoms with Gasteiger partial charge in [-0.05, 0) is 30.0 Å². The molecule has 0 N–H and O–H groups in total. The Morgan fingerprint density at radius 2 is 2.00 bits per heavy atom. The fourth-order valence-corrected chi connectivity index (χ4v) is 5.48. The Kier molecular flexibility index (Phi) is 5.64. The third-order valence-electron chi connectivity index (χ3n) is 5.06. The van der Waals surface area contributed by atoms with Crippen molar-refractivity contribution >= 4 is 15.7 Å². The van der Waals surface area contributed by atoms with Crippen LogP contribution in [-0.4, -0.2) is 75.5 Å². The van der Waals surface area contributed by atoms with E-state index in [0.29, 0.717) is 31.0 Å². The lowest BCUT2D eigenvalue weighted by Gasteiger charge is -2.35. The van der Waals surface area contributed by atoms with Crippen LogP contribution in [0.25, 0.3) is 0 Å². The van der Waals surface area contributed by atoms with Gasteiger partial charge in [0.05, 0.1) is 25.0 Å². The van der Waals surface area contributed by atoms with Gasteiger partial charge >= 0.3 is 0 Å². The highest BCUT2D eigenvalue weighted by Crippen LogP contribution is 2.20. The second-order valence-electron chi connectivity index (χ2n) is 6.98. The quantitative estimate of drug-likeness (QED) is 0.772. The predicted octanol–water partition coefficient (Wildman–Crippen LogP) is 0.817. The van der Waals surface area contributed by atoms with Crippen LogP contribution in [0.15, 0.2) is 24.3 Å². The lowest BCUT2D eigenvalue weighted by molar-refractivity contribution is -0.132. The van der Waals surface area contributed by atoms with Gasteiger partial charge in [-0.1, -0.05) is 12.1 Å². The summed E-state index contributed by atoms with van der Waals surface area (Å²) in [5.41, 5.74) is 0.961. The summed E-state index contributed by atoms with van der Waals surface area (Å²) >= 11 is 0. The number of sulfone groups is 1. The molecule has 138 valence electrons. The molecule has 6 nitrogen and oxygen atoms in total. The van der Waals surface area contributed by atoms with Gasteiger partial charge in [-0.15, -0.1) is 0 Å². The van der Waals surface area contributed by atoms with E-state index in [0.717, 1.165) is 37.4 Å². The Morgan fingerprint density at radius 3 is 2.64 bits per heavy atom. The van der Waals surface area contributed by atoms with E-state index < -0.39 is 9.84 Å². The van der Waals surface area contributed by atoms with E-state index in [9.17, 15) is 13.2 Å². The van der Waals surface area contributed by atoms with Crippen LogP contribution in [0.1, 0.15) is 12.0 Å². The summed E-state index contributed by atoms with van der Waals surface area (Å²) < 4.78 is 28.3. The van der Waals surface area contributed by atoms with Gasteiger partial charge in [0.1, 0.15) is 5.75 Å². The maximum atomic E-state index is 12.5. The van der Waals surface area contributed by atoms with Crippen LogP contribution in [0.3, 0.4) is 0 Å². The van der Waals surface area contributed by atoms with Crippen molar-refractivity contribution in [3.63, 3.8) is 0 Å². The molecule has 0 bridgehead atoms. The van der Waals surface area contributed by atoms with Crippen molar-refractivity contribution < 1.29 is 17.9 Å². The van der Waals surface area contributed by atoms with Crippen molar-refractivity contribution in [3.8, 4) is 5.75 Å². The Hall–Kier alpha value is -1.60. The third kappa shape index (κ3) is 4.95. The molecule has 2 fully saturated rings. The number of benzene rings is 1. The van der Waals surface area contributed by atoms with Crippen LogP contribution in [-0.2, 0) is 21.1 Å². The molecule has 25 heavy (non-hydrogen) atoms. The summed E-state index contributed by atoms with van der Waals surface area (Å²) in [6.45, 7) is 3.89. The summed E-state index contributed by atoms with van der Waals surface area (Å²) in [4.78, 5) is 16.7. The molecular formula is C18H26N2O4S. The Balaban J connectivity index is 1.46. The molecule has 0 aliphatic carbocycles. The molecule has 1 atom stereocenters. The van der Waals surface area contributed by atoms with Crippen LogP contribution in [0.5, 0.6) is 5.75 Å². The van der Waals surface area contributed by atoms with Gasteiger partial charge in [-0.2, -0.15) is 0 Å². The summed E-state index contributed by atoms with van der Waals surface area (Å²) in [5, 5.41) is 0. The number of methoxy groups -OCH3 is 1. The van der Waals surface area contributed by atoms with E-state index in [1.54, 1.807) is 7.11 Å². The SMILES string of the molecule is COc1cccc(CC(=O)N2CCN(C[C@@H]3CCS(=O)(=O)C3)CC2)c1. The maximum Gasteiger partial charge on any atom is 0.227 e. The van der Waals surface area contributed by atoms with Crippen LogP contribution in [0, 0.1) is 5.92 Å². The predicted molar refractivity (Wildman–Crippen MR) is 96.5 cm³/mol. The van der Waals surface area contributed by atoms with Gasteiger partial charge in [-0.25, -0.2) is 8.42 Å². The highest BCUT2D eigenvalue weighted by atomic mass is 32.2. The van der Waals surface area contributed by atoms with Gasteiger partial charge < -0.3 is 9.64 Å². The normalized spacial score (nSPS) is 23.6. The molecule has 2 saturated heterocycles. The Morgan fingerprint density at radius 1 is 1.24 bits per heavy atom. The molecule has 1 amide bonds. The summed E-state index contributed by atoms with van der Waals surface area (Å²) in [7, 11) is -1.19. The molecule has 0 spiro atoms. The first-order valence-corrected chi connectivity index (χ1v) is 10.6. The fourth-order valence-electron chi connectivity index (χ4n) is 3.63. The number of hydrogen-bond donors (Lipinski definition) is 0. The first kappa shape index (κ1) is 18.2. The number of amides is 1. The van der Waals surface area contributed by atoms with Crippen LogP contribution >= 0.6 is 0 Å². The topological polar surface area (TPSA) is 66.9 Å².